The Bertz CT molecular complexity index is 396. The summed E-state index contributed by atoms with van der Waals surface area (Å²) in [5, 5.41) is 9.05. The molecule has 0 saturated carbocycles. The molecule has 0 bridgehead atoms. The molecular weight excluding hydrogens is 224 g/mol. The first kappa shape index (κ1) is 13.0. The molecular formula is C12H14O5. The van der Waals surface area contributed by atoms with Gasteiger partial charge in [0, 0.05) is 0 Å². The van der Waals surface area contributed by atoms with Gasteiger partial charge in [-0.25, -0.2) is 9.59 Å². The van der Waals surface area contributed by atoms with Crippen molar-refractivity contribution in [1.82, 2.24) is 0 Å². The Hall–Kier alpha value is -2.04. The lowest BCUT2D eigenvalue weighted by Gasteiger charge is -2.11. The van der Waals surface area contributed by atoms with Crippen LogP contribution in [0, 0.1) is 0 Å². The van der Waals surface area contributed by atoms with E-state index in [4.69, 9.17) is 14.6 Å². The predicted molar refractivity (Wildman–Crippen MR) is 59.6 cm³/mol. The molecule has 1 aromatic carbocycles. The summed E-state index contributed by atoms with van der Waals surface area (Å²) >= 11 is 0. The summed E-state index contributed by atoms with van der Waals surface area (Å²) in [7, 11) is 0. The molecule has 0 aliphatic rings. The smallest absolute Gasteiger partial charge is 0.347 e. The summed E-state index contributed by atoms with van der Waals surface area (Å²) in [5.74, 6) is -1.16. The molecule has 0 radical (unpaired) electrons. The van der Waals surface area contributed by atoms with Crippen LogP contribution in [0.3, 0.4) is 0 Å². The van der Waals surface area contributed by atoms with Crippen molar-refractivity contribution in [3.63, 3.8) is 0 Å². The van der Waals surface area contributed by atoms with Crippen molar-refractivity contribution in [1.29, 1.82) is 0 Å². The van der Waals surface area contributed by atoms with Gasteiger partial charge in [-0.2, -0.15) is 0 Å². The lowest BCUT2D eigenvalue weighted by atomic mass is 10.2. The van der Waals surface area contributed by atoms with E-state index in [1.165, 1.54) is 31.2 Å². The van der Waals surface area contributed by atoms with Crippen molar-refractivity contribution >= 4 is 11.9 Å². The summed E-state index contributed by atoms with van der Waals surface area (Å²) in [6.45, 7) is 3.35. The molecule has 1 atom stereocenters. The molecule has 92 valence electrons. The lowest BCUT2D eigenvalue weighted by Crippen LogP contribution is -2.26. The van der Waals surface area contributed by atoms with Crippen LogP contribution in [0.2, 0.25) is 0 Å². The molecule has 5 nitrogen and oxygen atoms in total. The predicted octanol–water partition coefficient (Wildman–Crippen LogP) is 1.50. The Balaban J connectivity index is 2.60. The van der Waals surface area contributed by atoms with E-state index < -0.39 is 18.0 Å². The zero-order valence-electron chi connectivity index (χ0n) is 9.67. The average molecular weight is 238 g/mol. The largest absolute Gasteiger partial charge is 0.508 e. The monoisotopic (exact) mass is 238 g/mol. The lowest BCUT2D eigenvalue weighted by molar-refractivity contribution is -0.152. The summed E-state index contributed by atoms with van der Waals surface area (Å²) < 4.78 is 9.60. The van der Waals surface area contributed by atoms with Gasteiger partial charge in [0.05, 0.1) is 12.2 Å². The van der Waals surface area contributed by atoms with Crippen LogP contribution in [0.1, 0.15) is 24.2 Å². The molecule has 0 aliphatic carbocycles. The van der Waals surface area contributed by atoms with Crippen molar-refractivity contribution in [2.45, 2.75) is 20.0 Å². The minimum absolute atomic E-state index is 0.0555. The van der Waals surface area contributed by atoms with Crippen LogP contribution in [-0.4, -0.2) is 29.8 Å². The van der Waals surface area contributed by atoms with E-state index in [1.54, 1.807) is 6.92 Å². The Kier molecular flexibility index (Phi) is 4.51. The van der Waals surface area contributed by atoms with Gasteiger partial charge in [0.25, 0.3) is 0 Å². The van der Waals surface area contributed by atoms with Gasteiger partial charge in [0.15, 0.2) is 6.10 Å². The van der Waals surface area contributed by atoms with Crippen molar-refractivity contribution in [3.05, 3.63) is 29.8 Å². The standard InChI is InChI=1S/C12H14O5/c1-3-16-11(14)8(2)17-12(15)9-4-6-10(13)7-5-9/h4-8,13H,3H2,1-2H3. The maximum Gasteiger partial charge on any atom is 0.347 e. The highest BCUT2D eigenvalue weighted by Gasteiger charge is 2.19. The summed E-state index contributed by atoms with van der Waals surface area (Å²) in [5.41, 5.74) is 0.263. The Labute approximate surface area is 99.0 Å². The average Bonchev–Trinajstić information content (AvgIpc) is 2.30. The first-order chi connectivity index (χ1) is 8.04. The van der Waals surface area contributed by atoms with Gasteiger partial charge >= 0.3 is 11.9 Å². The van der Waals surface area contributed by atoms with Gasteiger partial charge < -0.3 is 14.6 Å². The molecule has 1 aromatic rings. The van der Waals surface area contributed by atoms with Crippen LogP contribution < -0.4 is 0 Å². The first-order valence-electron chi connectivity index (χ1n) is 5.21. The van der Waals surface area contributed by atoms with E-state index in [2.05, 4.69) is 0 Å². The molecule has 0 aromatic heterocycles. The molecule has 0 fully saturated rings. The Morgan fingerprint density at radius 1 is 1.29 bits per heavy atom. The molecule has 0 saturated heterocycles. The van der Waals surface area contributed by atoms with Gasteiger partial charge in [-0.1, -0.05) is 0 Å². The van der Waals surface area contributed by atoms with Gasteiger partial charge in [-0.15, -0.1) is 0 Å². The molecule has 1 N–H and O–H groups in total. The third-order valence-electron chi connectivity index (χ3n) is 2.01. The molecule has 0 aliphatic heterocycles. The van der Waals surface area contributed by atoms with Crippen molar-refractivity contribution in [2.24, 2.45) is 0 Å². The third kappa shape index (κ3) is 3.79. The van der Waals surface area contributed by atoms with E-state index in [9.17, 15) is 9.59 Å². The first-order valence-corrected chi connectivity index (χ1v) is 5.21. The maximum atomic E-state index is 11.6. The number of phenolic OH excluding ortho intramolecular Hbond substituents is 1. The second-order valence-electron chi connectivity index (χ2n) is 3.35. The second-order valence-corrected chi connectivity index (χ2v) is 3.35. The van der Waals surface area contributed by atoms with Gasteiger partial charge in [-0.3, -0.25) is 0 Å². The zero-order valence-corrected chi connectivity index (χ0v) is 9.67. The summed E-state index contributed by atoms with van der Waals surface area (Å²) in [6, 6.07) is 5.56. The van der Waals surface area contributed by atoms with E-state index in [0.717, 1.165) is 0 Å². The van der Waals surface area contributed by atoms with Crippen molar-refractivity contribution in [3.8, 4) is 5.75 Å². The number of phenols is 1. The number of hydrogen-bond donors (Lipinski definition) is 1. The van der Waals surface area contributed by atoms with Crippen LogP contribution in [0.25, 0.3) is 0 Å². The van der Waals surface area contributed by atoms with E-state index in [0.29, 0.717) is 0 Å². The molecule has 0 spiro atoms. The quantitative estimate of drug-likeness (QED) is 0.805. The highest BCUT2D eigenvalue weighted by atomic mass is 16.6. The normalized spacial score (nSPS) is 11.6. The van der Waals surface area contributed by atoms with Crippen LogP contribution in [0.15, 0.2) is 24.3 Å². The fourth-order valence-corrected chi connectivity index (χ4v) is 1.13. The topological polar surface area (TPSA) is 72.8 Å². The number of rotatable bonds is 4. The van der Waals surface area contributed by atoms with Gasteiger partial charge in [-0.05, 0) is 38.1 Å². The fraction of sp³-hybridized carbons (Fsp3) is 0.333. The number of benzene rings is 1. The molecule has 1 unspecified atom stereocenters. The SMILES string of the molecule is CCOC(=O)C(C)OC(=O)c1ccc(O)cc1. The molecule has 0 heterocycles. The molecule has 5 heteroatoms. The highest BCUT2D eigenvalue weighted by molar-refractivity contribution is 5.91. The number of esters is 2. The molecule has 1 rings (SSSR count). The van der Waals surface area contributed by atoms with Crippen LogP contribution in [0.5, 0.6) is 5.75 Å². The van der Waals surface area contributed by atoms with E-state index >= 15 is 0 Å². The zero-order chi connectivity index (χ0) is 12.8. The van der Waals surface area contributed by atoms with Crippen molar-refractivity contribution < 1.29 is 24.2 Å². The number of carbonyl (C=O) groups is 2. The highest BCUT2D eigenvalue weighted by Crippen LogP contribution is 2.11. The van der Waals surface area contributed by atoms with Gasteiger partial charge in [0.2, 0.25) is 0 Å². The number of aromatic hydroxyl groups is 1. The number of hydrogen-bond acceptors (Lipinski definition) is 5. The summed E-state index contributed by atoms with van der Waals surface area (Å²) in [4.78, 5) is 22.8. The number of ether oxygens (including phenoxy) is 2. The van der Waals surface area contributed by atoms with Gasteiger partial charge in [0.1, 0.15) is 5.75 Å². The third-order valence-corrected chi connectivity index (χ3v) is 2.01. The van der Waals surface area contributed by atoms with Crippen LogP contribution in [0.4, 0.5) is 0 Å². The number of carbonyl (C=O) groups excluding carboxylic acids is 2. The van der Waals surface area contributed by atoms with E-state index in [1.807, 2.05) is 0 Å². The molecule has 0 amide bonds. The van der Waals surface area contributed by atoms with Crippen molar-refractivity contribution in [2.75, 3.05) is 6.61 Å². The van der Waals surface area contributed by atoms with Crippen LogP contribution in [-0.2, 0) is 14.3 Å². The Morgan fingerprint density at radius 3 is 2.41 bits per heavy atom. The van der Waals surface area contributed by atoms with Crippen LogP contribution >= 0.6 is 0 Å². The summed E-state index contributed by atoms with van der Waals surface area (Å²) in [6.07, 6.45) is -0.948. The van der Waals surface area contributed by atoms with E-state index in [-0.39, 0.29) is 17.9 Å². The Morgan fingerprint density at radius 2 is 1.88 bits per heavy atom. The molecule has 17 heavy (non-hydrogen) atoms. The minimum Gasteiger partial charge on any atom is -0.508 e. The minimum atomic E-state index is -0.948. The maximum absolute atomic E-state index is 11.6. The fourth-order valence-electron chi connectivity index (χ4n) is 1.13. The second kappa shape index (κ2) is 5.89.